The second kappa shape index (κ2) is 5.17. The van der Waals surface area contributed by atoms with Crippen molar-refractivity contribution in [3.05, 3.63) is 20.8 Å². The van der Waals surface area contributed by atoms with Crippen molar-refractivity contribution < 1.29 is 9.84 Å². The summed E-state index contributed by atoms with van der Waals surface area (Å²) in [7, 11) is 0. The van der Waals surface area contributed by atoms with Gasteiger partial charge in [0, 0.05) is 17.3 Å². The molecule has 2 heterocycles. The average Bonchev–Trinajstić information content (AvgIpc) is 2.66. The molecule has 1 N–H and O–H groups in total. The van der Waals surface area contributed by atoms with Crippen LogP contribution in [0.4, 0.5) is 0 Å². The molecular formula is C12H17BrO2S. The topological polar surface area (TPSA) is 29.5 Å². The zero-order valence-corrected chi connectivity index (χ0v) is 11.8. The molecule has 1 aromatic heterocycles. The summed E-state index contributed by atoms with van der Waals surface area (Å²) in [6.07, 6.45) is 3.77. The van der Waals surface area contributed by atoms with Gasteiger partial charge in [0.1, 0.15) is 5.60 Å². The van der Waals surface area contributed by atoms with E-state index in [0.717, 1.165) is 28.6 Å². The van der Waals surface area contributed by atoms with E-state index in [2.05, 4.69) is 22.9 Å². The Morgan fingerprint density at radius 2 is 2.50 bits per heavy atom. The van der Waals surface area contributed by atoms with E-state index in [1.165, 1.54) is 0 Å². The maximum absolute atomic E-state index is 10.7. The molecule has 2 nitrogen and oxygen atoms in total. The summed E-state index contributed by atoms with van der Waals surface area (Å²) in [5.74, 6) is 0. The van der Waals surface area contributed by atoms with E-state index in [1.807, 2.05) is 11.4 Å². The normalized spacial score (nSPS) is 30.6. The van der Waals surface area contributed by atoms with Gasteiger partial charge in [-0.05, 0) is 33.8 Å². The lowest BCUT2D eigenvalue weighted by Gasteiger charge is -2.36. The van der Waals surface area contributed by atoms with E-state index in [9.17, 15) is 5.11 Å². The first kappa shape index (κ1) is 12.6. The average molecular weight is 305 g/mol. The molecule has 4 heteroatoms. The van der Waals surface area contributed by atoms with Crippen LogP contribution in [0.2, 0.25) is 0 Å². The summed E-state index contributed by atoms with van der Waals surface area (Å²) in [4.78, 5) is 1.05. The first-order valence-electron chi connectivity index (χ1n) is 5.73. The monoisotopic (exact) mass is 304 g/mol. The van der Waals surface area contributed by atoms with Crippen LogP contribution >= 0.6 is 27.3 Å². The molecule has 0 radical (unpaired) electrons. The van der Waals surface area contributed by atoms with E-state index < -0.39 is 5.60 Å². The third-order valence-electron chi connectivity index (χ3n) is 3.09. The minimum Gasteiger partial charge on any atom is -0.384 e. The molecule has 1 saturated heterocycles. The van der Waals surface area contributed by atoms with Crippen LogP contribution in [0.25, 0.3) is 0 Å². The first-order valence-corrected chi connectivity index (χ1v) is 7.40. The Kier molecular flexibility index (Phi) is 4.06. The number of ether oxygens (including phenoxy) is 1. The highest BCUT2D eigenvalue weighted by Crippen LogP contribution is 2.41. The highest BCUT2D eigenvalue weighted by molar-refractivity contribution is 9.10. The number of hydrogen-bond acceptors (Lipinski definition) is 3. The van der Waals surface area contributed by atoms with Gasteiger partial charge in [0.15, 0.2) is 0 Å². The summed E-state index contributed by atoms with van der Waals surface area (Å²) in [5.41, 5.74) is -0.689. The van der Waals surface area contributed by atoms with Crippen LogP contribution in [0.1, 0.15) is 37.5 Å². The Labute approximate surface area is 109 Å². The van der Waals surface area contributed by atoms with E-state index in [-0.39, 0.29) is 6.10 Å². The van der Waals surface area contributed by atoms with E-state index in [1.54, 1.807) is 11.3 Å². The quantitative estimate of drug-likeness (QED) is 0.923. The van der Waals surface area contributed by atoms with Crippen molar-refractivity contribution in [2.75, 3.05) is 6.61 Å². The lowest BCUT2D eigenvalue weighted by atomic mass is 9.87. The van der Waals surface area contributed by atoms with Gasteiger partial charge >= 0.3 is 0 Å². The fourth-order valence-corrected chi connectivity index (χ4v) is 4.15. The minimum absolute atomic E-state index is 0.206. The smallest absolute Gasteiger partial charge is 0.105 e. The Morgan fingerprint density at radius 3 is 3.12 bits per heavy atom. The van der Waals surface area contributed by atoms with Gasteiger partial charge < -0.3 is 9.84 Å². The molecule has 1 aliphatic rings. The minimum atomic E-state index is -0.689. The van der Waals surface area contributed by atoms with Crippen LogP contribution < -0.4 is 0 Å². The molecule has 0 amide bonds. The Balaban J connectivity index is 2.15. The van der Waals surface area contributed by atoms with Crippen molar-refractivity contribution in [3.63, 3.8) is 0 Å². The van der Waals surface area contributed by atoms with Gasteiger partial charge in [-0.1, -0.05) is 13.3 Å². The summed E-state index contributed by atoms with van der Waals surface area (Å²) in [6, 6.07) is 2.00. The second-order valence-electron chi connectivity index (χ2n) is 4.36. The van der Waals surface area contributed by atoms with Crippen molar-refractivity contribution >= 4 is 27.3 Å². The molecule has 1 aliphatic heterocycles. The Morgan fingerprint density at radius 1 is 1.69 bits per heavy atom. The third-order valence-corrected chi connectivity index (χ3v) is 5.12. The van der Waals surface area contributed by atoms with E-state index in [4.69, 9.17) is 4.74 Å². The SMILES string of the molecule is CCCC1CC(O)(c2sccc2Br)CCO1. The lowest BCUT2D eigenvalue weighted by Crippen LogP contribution is -2.38. The van der Waals surface area contributed by atoms with Crippen molar-refractivity contribution in [1.82, 2.24) is 0 Å². The predicted octanol–water partition coefficient (Wildman–Crippen LogP) is 3.68. The third kappa shape index (κ3) is 2.50. The molecule has 90 valence electrons. The molecule has 16 heavy (non-hydrogen) atoms. The van der Waals surface area contributed by atoms with Gasteiger partial charge in [-0.3, -0.25) is 0 Å². The number of halogens is 1. The van der Waals surface area contributed by atoms with Crippen LogP contribution in [0.15, 0.2) is 15.9 Å². The fraction of sp³-hybridized carbons (Fsp3) is 0.667. The molecule has 0 spiro atoms. The second-order valence-corrected chi connectivity index (χ2v) is 6.14. The summed E-state index contributed by atoms with van der Waals surface area (Å²) < 4.78 is 6.71. The van der Waals surface area contributed by atoms with Crippen molar-refractivity contribution in [2.24, 2.45) is 0 Å². The maximum atomic E-state index is 10.7. The largest absolute Gasteiger partial charge is 0.384 e. The molecule has 2 unspecified atom stereocenters. The molecule has 0 saturated carbocycles. The molecular weight excluding hydrogens is 288 g/mol. The van der Waals surface area contributed by atoms with Gasteiger partial charge in [0.05, 0.1) is 17.6 Å². The van der Waals surface area contributed by atoms with Crippen molar-refractivity contribution in [3.8, 4) is 0 Å². The highest BCUT2D eigenvalue weighted by atomic mass is 79.9. The zero-order chi connectivity index (χ0) is 11.6. The van der Waals surface area contributed by atoms with Gasteiger partial charge in [-0.15, -0.1) is 11.3 Å². The molecule has 2 atom stereocenters. The standard InChI is InChI=1S/C12H17BrO2S/c1-2-3-9-8-12(14,5-6-15-9)11-10(13)4-7-16-11/h4,7,9,14H,2-3,5-6,8H2,1H3. The molecule has 2 rings (SSSR count). The number of aliphatic hydroxyl groups is 1. The van der Waals surface area contributed by atoms with Crippen LogP contribution in [0.3, 0.4) is 0 Å². The number of hydrogen-bond donors (Lipinski definition) is 1. The van der Waals surface area contributed by atoms with Crippen LogP contribution in [0.5, 0.6) is 0 Å². The molecule has 1 fully saturated rings. The van der Waals surface area contributed by atoms with Crippen LogP contribution in [-0.4, -0.2) is 17.8 Å². The lowest BCUT2D eigenvalue weighted by molar-refractivity contribution is -0.108. The molecule has 0 bridgehead atoms. The maximum Gasteiger partial charge on any atom is 0.105 e. The van der Waals surface area contributed by atoms with E-state index in [0.29, 0.717) is 13.0 Å². The molecule has 0 aromatic carbocycles. The van der Waals surface area contributed by atoms with Gasteiger partial charge in [-0.25, -0.2) is 0 Å². The number of rotatable bonds is 3. The van der Waals surface area contributed by atoms with Crippen molar-refractivity contribution in [1.29, 1.82) is 0 Å². The zero-order valence-electron chi connectivity index (χ0n) is 9.41. The Hall–Kier alpha value is 0.1000. The van der Waals surface area contributed by atoms with Crippen LogP contribution in [-0.2, 0) is 10.3 Å². The molecule has 0 aliphatic carbocycles. The van der Waals surface area contributed by atoms with Crippen LogP contribution in [0, 0.1) is 0 Å². The summed E-state index contributed by atoms with van der Waals surface area (Å²) in [5, 5.41) is 12.7. The van der Waals surface area contributed by atoms with Crippen molar-refractivity contribution in [2.45, 2.75) is 44.3 Å². The highest BCUT2D eigenvalue weighted by Gasteiger charge is 2.38. The first-order chi connectivity index (χ1) is 7.65. The van der Waals surface area contributed by atoms with E-state index >= 15 is 0 Å². The van der Waals surface area contributed by atoms with Gasteiger partial charge in [0.25, 0.3) is 0 Å². The number of thiophene rings is 1. The Bertz CT molecular complexity index is 351. The fourth-order valence-electron chi connectivity index (χ4n) is 2.27. The van der Waals surface area contributed by atoms with Gasteiger partial charge in [-0.2, -0.15) is 0 Å². The summed E-state index contributed by atoms with van der Waals surface area (Å²) in [6.45, 7) is 2.81. The predicted molar refractivity (Wildman–Crippen MR) is 69.8 cm³/mol. The summed E-state index contributed by atoms with van der Waals surface area (Å²) >= 11 is 5.13. The molecule has 1 aromatic rings. The van der Waals surface area contributed by atoms with Gasteiger partial charge in [0.2, 0.25) is 0 Å².